The first-order valence-electron chi connectivity index (χ1n) is 5.60. The molecule has 0 spiro atoms. The number of hydrogen-bond acceptors (Lipinski definition) is 4. The van der Waals surface area contributed by atoms with E-state index in [9.17, 15) is 13.2 Å². The highest BCUT2D eigenvalue weighted by molar-refractivity contribution is 7.92. The SMILES string of the molecule is CCN(C)C(=O)CS(=O)(=O)c1ccc(N)c(C)c1. The summed E-state index contributed by atoms with van der Waals surface area (Å²) in [5.41, 5.74) is 6.85. The van der Waals surface area contributed by atoms with Crippen LogP contribution in [0.2, 0.25) is 0 Å². The van der Waals surface area contributed by atoms with Crippen molar-refractivity contribution in [3.8, 4) is 0 Å². The van der Waals surface area contributed by atoms with Crippen LogP contribution in [0, 0.1) is 6.92 Å². The quantitative estimate of drug-likeness (QED) is 0.822. The monoisotopic (exact) mass is 270 g/mol. The Morgan fingerprint density at radius 3 is 2.50 bits per heavy atom. The van der Waals surface area contributed by atoms with Crippen molar-refractivity contribution in [2.24, 2.45) is 0 Å². The number of nitrogens with two attached hydrogens (primary N) is 1. The zero-order chi connectivity index (χ0) is 13.9. The van der Waals surface area contributed by atoms with E-state index in [2.05, 4.69) is 0 Å². The molecule has 0 fully saturated rings. The van der Waals surface area contributed by atoms with Crippen LogP contribution in [0.1, 0.15) is 12.5 Å². The van der Waals surface area contributed by atoms with Gasteiger partial charge >= 0.3 is 0 Å². The van der Waals surface area contributed by atoms with Gasteiger partial charge in [-0.2, -0.15) is 0 Å². The predicted octanol–water partition coefficient (Wildman–Crippen LogP) is 0.829. The van der Waals surface area contributed by atoms with E-state index in [0.717, 1.165) is 0 Å². The van der Waals surface area contributed by atoms with E-state index in [1.165, 1.54) is 23.1 Å². The number of nitrogens with zero attached hydrogens (tertiary/aromatic N) is 1. The molecule has 0 atom stereocenters. The molecule has 5 nitrogen and oxygen atoms in total. The molecule has 1 rings (SSSR count). The first-order chi connectivity index (χ1) is 8.27. The van der Waals surface area contributed by atoms with Crippen LogP contribution < -0.4 is 5.73 Å². The first-order valence-corrected chi connectivity index (χ1v) is 7.26. The van der Waals surface area contributed by atoms with Crippen LogP contribution in [0.5, 0.6) is 0 Å². The van der Waals surface area contributed by atoms with Crippen molar-refractivity contribution in [2.45, 2.75) is 18.7 Å². The second-order valence-electron chi connectivity index (χ2n) is 4.19. The molecule has 0 aliphatic carbocycles. The standard InChI is InChI=1S/C12H18N2O3S/c1-4-14(3)12(15)8-18(16,17)10-5-6-11(13)9(2)7-10/h5-7H,4,8,13H2,1-3H3. The summed E-state index contributed by atoms with van der Waals surface area (Å²) in [6.45, 7) is 4.00. The van der Waals surface area contributed by atoms with Crippen LogP contribution in [0.3, 0.4) is 0 Å². The van der Waals surface area contributed by atoms with Crippen LogP contribution in [0.4, 0.5) is 5.69 Å². The van der Waals surface area contributed by atoms with Crippen molar-refractivity contribution in [3.63, 3.8) is 0 Å². The van der Waals surface area contributed by atoms with Crippen LogP contribution in [-0.2, 0) is 14.6 Å². The Kier molecular flexibility index (Phi) is 4.34. The second kappa shape index (κ2) is 5.39. The molecule has 0 heterocycles. The van der Waals surface area contributed by atoms with Gasteiger partial charge in [-0.3, -0.25) is 4.79 Å². The summed E-state index contributed by atoms with van der Waals surface area (Å²) in [6.07, 6.45) is 0. The van der Waals surface area contributed by atoms with Gasteiger partial charge < -0.3 is 10.6 Å². The number of benzene rings is 1. The van der Waals surface area contributed by atoms with Crippen molar-refractivity contribution in [2.75, 3.05) is 25.1 Å². The normalized spacial score (nSPS) is 11.3. The minimum atomic E-state index is -3.60. The Bertz CT molecular complexity index is 552. The van der Waals surface area contributed by atoms with Crippen molar-refractivity contribution in [1.82, 2.24) is 4.90 Å². The number of amides is 1. The fraction of sp³-hybridized carbons (Fsp3) is 0.417. The molecule has 1 aromatic rings. The van der Waals surface area contributed by atoms with E-state index in [1.54, 1.807) is 20.9 Å². The average molecular weight is 270 g/mol. The molecule has 100 valence electrons. The largest absolute Gasteiger partial charge is 0.399 e. The third-order valence-electron chi connectivity index (χ3n) is 2.81. The first kappa shape index (κ1) is 14.5. The van der Waals surface area contributed by atoms with Crippen LogP contribution >= 0.6 is 0 Å². The average Bonchev–Trinajstić information content (AvgIpc) is 2.30. The zero-order valence-electron chi connectivity index (χ0n) is 10.8. The van der Waals surface area contributed by atoms with Gasteiger partial charge in [0.2, 0.25) is 5.91 Å². The lowest BCUT2D eigenvalue weighted by molar-refractivity contribution is -0.126. The number of aryl methyl sites for hydroxylation is 1. The Hall–Kier alpha value is -1.56. The van der Waals surface area contributed by atoms with Crippen molar-refractivity contribution in [3.05, 3.63) is 23.8 Å². The van der Waals surface area contributed by atoms with Gasteiger partial charge in [-0.25, -0.2) is 8.42 Å². The Morgan fingerprint density at radius 1 is 1.39 bits per heavy atom. The third-order valence-corrected chi connectivity index (χ3v) is 4.41. The third kappa shape index (κ3) is 3.22. The molecule has 6 heteroatoms. The van der Waals surface area contributed by atoms with Gasteiger partial charge in [0, 0.05) is 19.3 Å². The van der Waals surface area contributed by atoms with E-state index < -0.39 is 21.5 Å². The maximum absolute atomic E-state index is 12.0. The second-order valence-corrected chi connectivity index (χ2v) is 6.17. The Balaban J connectivity index is 3.00. The molecule has 0 unspecified atom stereocenters. The molecule has 18 heavy (non-hydrogen) atoms. The predicted molar refractivity (Wildman–Crippen MR) is 71.0 cm³/mol. The molecule has 1 amide bonds. The number of hydrogen-bond donors (Lipinski definition) is 1. The molecule has 0 bridgehead atoms. The smallest absolute Gasteiger partial charge is 0.237 e. The molecular formula is C12H18N2O3S. The molecule has 0 saturated heterocycles. The number of carbonyl (C=O) groups is 1. The highest BCUT2D eigenvalue weighted by Crippen LogP contribution is 2.18. The van der Waals surface area contributed by atoms with Gasteiger partial charge in [0.1, 0.15) is 5.75 Å². The molecule has 0 aromatic heterocycles. The van der Waals surface area contributed by atoms with Crippen molar-refractivity contribution >= 4 is 21.4 Å². The molecule has 2 N–H and O–H groups in total. The topological polar surface area (TPSA) is 80.5 Å². The summed E-state index contributed by atoms with van der Waals surface area (Å²) >= 11 is 0. The number of sulfone groups is 1. The Morgan fingerprint density at radius 2 is 2.00 bits per heavy atom. The van der Waals surface area contributed by atoms with Crippen LogP contribution in [0.15, 0.2) is 23.1 Å². The fourth-order valence-corrected chi connectivity index (χ4v) is 2.72. The van der Waals surface area contributed by atoms with E-state index >= 15 is 0 Å². The van der Waals surface area contributed by atoms with Crippen LogP contribution in [-0.4, -0.2) is 38.6 Å². The minimum absolute atomic E-state index is 0.132. The molecule has 0 aliphatic heterocycles. The summed E-state index contributed by atoms with van der Waals surface area (Å²) in [5.74, 6) is -0.923. The lowest BCUT2D eigenvalue weighted by atomic mass is 10.2. The van der Waals surface area contributed by atoms with Gasteiger partial charge in [0.25, 0.3) is 0 Å². The summed E-state index contributed by atoms with van der Waals surface area (Å²) in [6, 6.07) is 4.46. The Labute approximate surface area is 108 Å². The molecular weight excluding hydrogens is 252 g/mol. The van der Waals surface area contributed by atoms with Crippen LogP contribution in [0.25, 0.3) is 0 Å². The minimum Gasteiger partial charge on any atom is -0.399 e. The maximum atomic E-state index is 12.0. The summed E-state index contributed by atoms with van der Waals surface area (Å²) < 4.78 is 24.1. The van der Waals surface area contributed by atoms with Gasteiger partial charge in [0.15, 0.2) is 9.84 Å². The lowest BCUT2D eigenvalue weighted by Gasteiger charge is -2.14. The summed E-state index contributed by atoms with van der Waals surface area (Å²) in [4.78, 5) is 13.1. The molecule has 0 saturated carbocycles. The van der Waals surface area contributed by atoms with Gasteiger partial charge in [0.05, 0.1) is 4.90 Å². The fourth-order valence-electron chi connectivity index (χ4n) is 1.37. The van der Waals surface area contributed by atoms with Gasteiger partial charge in [-0.15, -0.1) is 0 Å². The number of carbonyl (C=O) groups excluding carboxylic acids is 1. The van der Waals surface area contributed by atoms with E-state index in [4.69, 9.17) is 5.73 Å². The van der Waals surface area contributed by atoms with Crippen molar-refractivity contribution < 1.29 is 13.2 Å². The molecule has 0 aliphatic rings. The zero-order valence-corrected chi connectivity index (χ0v) is 11.6. The number of anilines is 1. The van der Waals surface area contributed by atoms with E-state index in [1.807, 2.05) is 0 Å². The maximum Gasteiger partial charge on any atom is 0.237 e. The molecule has 1 aromatic carbocycles. The van der Waals surface area contributed by atoms with E-state index in [-0.39, 0.29) is 4.90 Å². The summed E-state index contributed by atoms with van der Waals surface area (Å²) in [7, 11) is -2.03. The highest BCUT2D eigenvalue weighted by Gasteiger charge is 2.21. The molecule has 0 radical (unpaired) electrons. The lowest BCUT2D eigenvalue weighted by Crippen LogP contribution is -2.32. The van der Waals surface area contributed by atoms with Gasteiger partial charge in [-0.05, 0) is 37.6 Å². The number of nitrogen functional groups attached to an aromatic ring is 1. The highest BCUT2D eigenvalue weighted by atomic mass is 32.2. The van der Waals surface area contributed by atoms with E-state index in [0.29, 0.717) is 17.8 Å². The summed E-state index contributed by atoms with van der Waals surface area (Å²) in [5, 5.41) is 0. The number of rotatable bonds is 4. The van der Waals surface area contributed by atoms with Gasteiger partial charge in [-0.1, -0.05) is 0 Å². The van der Waals surface area contributed by atoms with Crippen molar-refractivity contribution in [1.29, 1.82) is 0 Å².